The molecule has 48 heavy (non-hydrogen) atoms. The Hall–Kier alpha value is -3.41. The topological polar surface area (TPSA) is 166 Å². The van der Waals surface area contributed by atoms with E-state index in [1.54, 1.807) is 44.2 Å². The van der Waals surface area contributed by atoms with Crippen molar-refractivity contribution in [2.24, 2.45) is 27.9 Å². The van der Waals surface area contributed by atoms with E-state index in [-0.39, 0.29) is 18.9 Å². The summed E-state index contributed by atoms with van der Waals surface area (Å²) in [7, 11) is 0. The summed E-state index contributed by atoms with van der Waals surface area (Å²) < 4.78 is 17.9. The molecule has 10 heteroatoms. The normalized spacial score (nSPS) is 38.2. The number of esters is 2. The van der Waals surface area contributed by atoms with Gasteiger partial charge in [-0.2, -0.15) is 0 Å². The van der Waals surface area contributed by atoms with Crippen molar-refractivity contribution in [2.45, 2.75) is 102 Å². The van der Waals surface area contributed by atoms with Crippen molar-refractivity contribution < 1.29 is 43.9 Å². The van der Waals surface area contributed by atoms with Crippen LogP contribution in [0.15, 0.2) is 71.8 Å². The number of nitrogens with two attached hydrogens (primary N) is 1. The lowest BCUT2D eigenvalue weighted by Gasteiger charge is -2.69. The molecular weight excluding hydrogens is 614 g/mol. The van der Waals surface area contributed by atoms with Crippen LogP contribution in [0.2, 0.25) is 0 Å². The van der Waals surface area contributed by atoms with E-state index in [2.05, 4.69) is 0 Å². The summed E-state index contributed by atoms with van der Waals surface area (Å²) >= 11 is 0. The van der Waals surface area contributed by atoms with Crippen molar-refractivity contribution in [1.29, 1.82) is 0 Å². The average Bonchev–Trinajstić information content (AvgIpc) is 3.05. The maximum absolute atomic E-state index is 15.2. The second-order valence-electron chi connectivity index (χ2n) is 15.2. The number of ether oxygens (including phenoxy) is 3. The van der Waals surface area contributed by atoms with E-state index < -0.39 is 81.9 Å². The first kappa shape index (κ1) is 34.5. The molecule has 0 amide bonds. The van der Waals surface area contributed by atoms with Gasteiger partial charge in [0.2, 0.25) is 0 Å². The lowest BCUT2D eigenvalue weighted by Crippen LogP contribution is -2.75. The molecule has 2 aromatic carbocycles. The van der Waals surface area contributed by atoms with Gasteiger partial charge in [0, 0.05) is 36.5 Å². The van der Waals surface area contributed by atoms with Crippen molar-refractivity contribution >= 4 is 17.7 Å². The largest absolute Gasteiger partial charge is 0.456 e. The third-order valence-corrected chi connectivity index (χ3v) is 12.3. The molecule has 6 rings (SSSR count). The van der Waals surface area contributed by atoms with E-state index in [9.17, 15) is 24.9 Å². The summed E-state index contributed by atoms with van der Waals surface area (Å²) in [4.78, 5) is 41.5. The molecule has 5 N–H and O–H groups in total. The highest BCUT2D eigenvalue weighted by Crippen LogP contribution is 2.69. The van der Waals surface area contributed by atoms with E-state index in [0.717, 1.165) is 5.56 Å². The first-order valence-corrected chi connectivity index (χ1v) is 16.7. The van der Waals surface area contributed by atoms with Crippen molar-refractivity contribution in [1.82, 2.24) is 0 Å². The summed E-state index contributed by atoms with van der Waals surface area (Å²) in [5.74, 6) is -3.63. The summed E-state index contributed by atoms with van der Waals surface area (Å²) in [6, 6.07) is 17.0. The maximum Gasteiger partial charge on any atom is 0.337 e. The fourth-order valence-corrected chi connectivity index (χ4v) is 9.56. The van der Waals surface area contributed by atoms with Crippen LogP contribution in [0.4, 0.5) is 0 Å². The quantitative estimate of drug-likeness (QED) is 0.266. The summed E-state index contributed by atoms with van der Waals surface area (Å²) in [6.45, 7) is 10.6. The van der Waals surface area contributed by atoms with Gasteiger partial charge in [0.1, 0.15) is 6.10 Å². The van der Waals surface area contributed by atoms with E-state index in [4.69, 9.17) is 19.9 Å². The van der Waals surface area contributed by atoms with Gasteiger partial charge < -0.3 is 35.3 Å². The van der Waals surface area contributed by atoms with Crippen molar-refractivity contribution in [3.63, 3.8) is 0 Å². The number of Topliss-reactive ketones (excluding diaryl/α,β-unsaturated/α-hetero) is 1. The van der Waals surface area contributed by atoms with Gasteiger partial charge in [0.05, 0.1) is 35.9 Å². The summed E-state index contributed by atoms with van der Waals surface area (Å²) in [5, 5.41) is 36.4. The molecule has 0 radical (unpaired) electrons. The van der Waals surface area contributed by atoms with Gasteiger partial charge in [-0.3, -0.25) is 9.59 Å². The zero-order valence-corrected chi connectivity index (χ0v) is 28.4. The zero-order valence-electron chi connectivity index (χ0n) is 28.4. The fourth-order valence-electron chi connectivity index (χ4n) is 9.56. The van der Waals surface area contributed by atoms with E-state index in [1.807, 2.05) is 51.1 Å². The molecule has 0 aromatic heterocycles. The minimum absolute atomic E-state index is 0.0980. The minimum Gasteiger partial charge on any atom is -0.456 e. The highest BCUT2D eigenvalue weighted by molar-refractivity contribution is 5.95. The van der Waals surface area contributed by atoms with Crippen LogP contribution in [0.25, 0.3) is 0 Å². The predicted molar refractivity (Wildman–Crippen MR) is 175 cm³/mol. The molecule has 11 atom stereocenters. The van der Waals surface area contributed by atoms with Gasteiger partial charge in [-0.05, 0) is 42.0 Å². The Morgan fingerprint density at radius 1 is 1.00 bits per heavy atom. The fraction of sp³-hybridized carbons (Fsp3) is 0.553. The molecule has 258 valence electrons. The number of ketones is 1. The van der Waals surface area contributed by atoms with Crippen LogP contribution in [0.3, 0.4) is 0 Å². The lowest BCUT2D eigenvalue weighted by atomic mass is 9.39. The number of hydrogen-bond donors (Lipinski definition) is 4. The SMILES string of the molecule is CC(=O)O[C@H]1C(=O)[C@@]2(C)C([C@H](c3ccccc3)[C@]3(O)C[C@H](OC(=O)[C@H](O)[C@@H](N)c4ccccc4)C(C)=C1C3(C)C)[C@]1(C)CO[C@@H]1C[C@@H]2O. The first-order valence-electron chi connectivity index (χ1n) is 16.7. The van der Waals surface area contributed by atoms with E-state index in [1.165, 1.54) is 6.92 Å². The average molecular weight is 662 g/mol. The van der Waals surface area contributed by atoms with Gasteiger partial charge in [-0.15, -0.1) is 0 Å². The van der Waals surface area contributed by atoms with Gasteiger partial charge in [0.15, 0.2) is 18.0 Å². The Balaban J connectivity index is 1.56. The van der Waals surface area contributed by atoms with Gasteiger partial charge in [0.25, 0.3) is 0 Å². The molecule has 2 aromatic rings. The number of benzene rings is 2. The summed E-state index contributed by atoms with van der Waals surface area (Å²) in [6.07, 6.45) is -5.73. The number of aliphatic hydroxyl groups is 3. The molecule has 1 unspecified atom stereocenters. The van der Waals surface area contributed by atoms with Crippen LogP contribution >= 0.6 is 0 Å². The van der Waals surface area contributed by atoms with Crippen molar-refractivity contribution in [2.75, 3.05) is 6.61 Å². The van der Waals surface area contributed by atoms with E-state index in [0.29, 0.717) is 23.3 Å². The Bertz CT molecular complexity index is 1620. The third kappa shape index (κ3) is 4.90. The second-order valence-corrected chi connectivity index (χ2v) is 15.2. The van der Waals surface area contributed by atoms with Crippen LogP contribution in [-0.2, 0) is 28.6 Å². The number of rotatable bonds is 6. The highest BCUT2D eigenvalue weighted by Gasteiger charge is 2.74. The first-order chi connectivity index (χ1) is 22.5. The molecule has 0 spiro atoms. The van der Waals surface area contributed by atoms with Crippen LogP contribution in [0.5, 0.6) is 0 Å². The zero-order chi connectivity index (χ0) is 35.0. The predicted octanol–water partition coefficient (Wildman–Crippen LogP) is 3.53. The number of hydrogen-bond acceptors (Lipinski definition) is 10. The van der Waals surface area contributed by atoms with E-state index >= 15 is 4.79 Å². The number of aliphatic hydroxyl groups excluding tert-OH is 2. The molecule has 3 fully saturated rings. The van der Waals surface area contributed by atoms with Gasteiger partial charge in [-0.1, -0.05) is 81.4 Å². The smallest absolute Gasteiger partial charge is 0.337 e. The monoisotopic (exact) mass is 661 g/mol. The molecule has 10 nitrogen and oxygen atoms in total. The highest BCUT2D eigenvalue weighted by atomic mass is 16.6. The summed E-state index contributed by atoms with van der Waals surface area (Å²) in [5.41, 5.74) is 3.25. The van der Waals surface area contributed by atoms with Gasteiger partial charge >= 0.3 is 11.9 Å². The minimum atomic E-state index is -1.73. The molecule has 1 heterocycles. The Morgan fingerprint density at radius 2 is 1.60 bits per heavy atom. The number of fused-ring (bicyclic) bond motifs is 5. The van der Waals surface area contributed by atoms with Crippen molar-refractivity contribution in [3.8, 4) is 0 Å². The molecule has 1 saturated heterocycles. The third-order valence-electron chi connectivity index (χ3n) is 12.3. The van der Waals surface area contributed by atoms with Crippen molar-refractivity contribution in [3.05, 3.63) is 82.9 Å². The standard InChI is InChI=1S/C38H47NO9/c1-20-24(48-34(44)30(42)29(39)23-15-11-8-12-16-23)18-38(45)28(22-13-9-7-10-14-22)32-36(5)19-46-26(36)17-25(41)37(32,6)33(43)31(47-21(2)40)27(20)35(38,3)4/h7-16,24-26,28-32,41-42,45H,17-19,39H2,1-6H3/t24-,25-,26+,28-,29-,30+,31+,32?,36+,37+,38+/m0/s1. The Morgan fingerprint density at radius 3 is 2.17 bits per heavy atom. The van der Waals surface area contributed by atoms with Crippen LogP contribution in [-0.4, -0.2) is 75.8 Å². The Labute approximate surface area is 281 Å². The molecule has 1 aliphatic heterocycles. The molecule has 2 saturated carbocycles. The van der Waals surface area contributed by atoms with Crippen LogP contribution in [0, 0.1) is 22.2 Å². The maximum atomic E-state index is 15.2. The number of carbonyl (C=O) groups excluding carboxylic acids is 3. The molecule has 2 bridgehead atoms. The van der Waals surface area contributed by atoms with Gasteiger partial charge in [-0.25, -0.2) is 4.79 Å². The lowest BCUT2D eigenvalue weighted by molar-refractivity contribution is -0.294. The molecular formula is C38H47NO9. The Kier molecular flexibility index (Phi) is 8.53. The molecule has 3 aliphatic carbocycles. The second kappa shape index (κ2) is 11.9. The van der Waals surface area contributed by atoms with Crippen LogP contribution < -0.4 is 5.73 Å². The van der Waals surface area contributed by atoms with Crippen LogP contribution in [0.1, 0.15) is 77.5 Å². The molecule has 4 aliphatic rings. The number of carbonyl (C=O) groups is 3.